The third-order valence-corrected chi connectivity index (χ3v) is 10.9. The highest BCUT2D eigenvalue weighted by molar-refractivity contribution is 9.10. The van der Waals surface area contributed by atoms with Gasteiger partial charge in [-0.2, -0.15) is 0 Å². The summed E-state index contributed by atoms with van der Waals surface area (Å²) < 4.78 is 55.2. The molecule has 1 atom stereocenters. The number of methoxy groups -OCH3 is 2. The number of rotatable bonds is 14. The Labute approximate surface area is 295 Å². The van der Waals surface area contributed by atoms with Gasteiger partial charge >= 0.3 is 0 Å². The van der Waals surface area contributed by atoms with Gasteiger partial charge in [-0.05, 0) is 72.5 Å². The van der Waals surface area contributed by atoms with E-state index in [2.05, 4.69) is 21.2 Å². The van der Waals surface area contributed by atoms with Crippen LogP contribution in [0.3, 0.4) is 0 Å². The van der Waals surface area contributed by atoms with Crippen LogP contribution in [0.1, 0.15) is 36.8 Å². The van der Waals surface area contributed by atoms with Crippen molar-refractivity contribution in [3.8, 4) is 11.5 Å². The van der Waals surface area contributed by atoms with Gasteiger partial charge in [-0.15, -0.1) is 0 Å². The van der Waals surface area contributed by atoms with E-state index < -0.39 is 34.3 Å². The zero-order chi connectivity index (χ0) is 35.0. The van der Waals surface area contributed by atoms with Crippen molar-refractivity contribution in [3.63, 3.8) is 0 Å². The molecular weight excluding hydrogens is 713 g/mol. The molecule has 1 aliphatic carbocycles. The number of nitrogens with zero attached hydrogens (tertiary/aromatic N) is 2. The van der Waals surface area contributed by atoms with Gasteiger partial charge in [0.05, 0.1) is 24.8 Å². The molecule has 1 saturated carbocycles. The maximum Gasteiger partial charge on any atom is 0.264 e. The van der Waals surface area contributed by atoms with Gasteiger partial charge in [-0.3, -0.25) is 13.9 Å². The molecule has 0 aromatic heterocycles. The Morgan fingerprint density at radius 1 is 0.878 bits per heavy atom. The average molecular weight is 753 g/mol. The van der Waals surface area contributed by atoms with E-state index in [9.17, 15) is 22.4 Å². The highest BCUT2D eigenvalue weighted by Crippen LogP contribution is 2.33. The molecule has 1 aliphatic rings. The predicted molar refractivity (Wildman–Crippen MR) is 190 cm³/mol. The quantitative estimate of drug-likeness (QED) is 0.158. The normalized spacial score (nSPS) is 13.8. The van der Waals surface area contributed by atoms with Crippen molar-refractivity contribution >= 4 is 43.5 Å². The van der Waals surface area contributed by atoms with Crippen LogP contribution in [-0.2, 0) is 32.6 Å². The standard InChI is InChI=1S/C37H39BrFN3O6S/c1-47-34-21-20-32(23-35(34)48-2)49(45,46)42(31-18-16-29(39)17-19-31)25-36(43)41(24-27-12-14-28(38)15-13-27)33(22-26-8-4-3-5-9-26)37(44)40-30-10-6-7-11-30/h3-5,8-9,12-21,23,30,33H,6-7,10-11,22,24-25H2,1-2H3,(H,40,44)/t33-/m0/s1. The van der Waals surface area contributed by atoms with Crippen LogP contribution in [-0.4, -0.2) is 58.0 Å². The van der Waals surface area contributed by atoms with Gasteiger partial charge < -0.3 is 19.7 Å². The molecule has 4 aromatic rings. The zero-order valence-electron chi connectivity index (χ0n) is 27.4. The fourth-order valence-corrected chi connectivity index (χ4v) is 7.64. The number of nitrogens with one attached hydrogen (secondary N) is 1. The van der Waals surface area contributed by atoms with Crippen LogP contribution in [0.25, 0.3) is 0 Å². The lowest BCUT2D eigenvalue weighted by Crippen LogP contribution is -2.54. The lowest BCUT2D eigenvalue weighted by molar-refractivity contribution is -0.140. The lowest BCUT2D eigenvalue weighted by Gasteiger charge is -2.34. The smallest absolute Gasteiger partial charge is 0.264 e. The van der Waals surface area contributed by atoms with Gasteiger partial charge in [0.1, 0.15) is 18.4 Å². The van der Waals surface area contributed by atoms with E-state index in [-0.39, 0.29) is 41.2 Å². The molecule has 49 heavy (non-hydrogen) atoms. The SMILES string of the molecule is COc1ccc(S(=O)(=O)N(CC(=O)N(Cc2ccc(Br)cc2)[C@@H](Cc2ccccc2)C(=O)NC2CCCC2)c2ccc(F)cc2)cc1OC. The second-order valence-electron chi connectivity index (χ2n) is 11.8. The molecule has 2 amide bonds. The van der Waals surface area contributed by atoms with Gasteiger partial charge in [-0.1, -0.05) is 71.2 Å². The topological polar surface area (TPSA) is 105 Å². The molecule has 0 unspecified atom stereocenters. The van der Waals surface area contributed by atoms with Crippen LogP contribution < -0.4 is 19.1 Å². The molecule has 5 rings (SSSR count). The van der Waals surface area contributed by atoms with E-state index in [0.717, 1.165) is 57.7 Å². The predicted octanol–water partition coefficient (Wildman–Crippen LogP) is 6.50. The van der Waals surface area contributed by atoms with Crippen molar-refractivity contribution in [2.75, 3.05) is 25.1 Å². The maximum atomic E-state index is 14.7. The molecule has 12 heteroatoms. The Balaban J connectivity index is 1.57. The second kappa shape index (κ2) is 16.3. The number of benzene rings is 4. The summed E-state index contributed by atoms with van der Waals surface area (Å²) in [7, 11) is -1.61. The van der Waals surface area contributed by atoms with E-state index in [1.807, 2.05) is 54.6 Å². The monoisotopic (exact) mass is 751 g/mol. The molecule has 4 aromatic carbocycles. The molecule has 1 fully saturated rings. The van der Waals surface area contributed by atoms with Crippen LogP contribution in [0.15, 0.2) is 106 Å². The Bertz CT molecular complexity index is 1840. The van der Waals surface area contributed by atoms with E-state index >= 15 is 0 Å². The van der Waals surface area contributed by atoms with E-state index in [4.69, 9.17) is 9.47 Å². The van der Waals surface area contributed by atoms with E-state index in [0.29, 0.717) is 5.75 Å². The number of ether oxygens (including phenoxy) is 2. The fourth-order valence-electron chi connectivity index (χ4n) is 5.95. The molecule has 0 radical (unpaired) electrons. The Morgan fingerprint density at radius 3 is 2.16 bits per heavy atom. The first-order valence-corrected chi connectivity index (χ1v) is 18.2. The fraction of sp³-hybridized carbons (Fsp3) is 0.297. The molecule has 0 saturated heterocycles. The second-order valence-corrected chi connectivity index (χ2v) is 14.6. The van der Waals surface area contributed by atoms with E-state index in [1.165, 1.54) is 49.5 Å². The van der Waals surface area contributed by atoms with Crippen LogP contribution >= 0.6 is 15.9 Å². The third-order valence-electron chi connectivity index (χ3n) is 8.58. The Kier molecular flexibility index (Phi) is 11.9. The minimum absolute atomic E-state index is 0.00319. The molecular formula is C37H39BrFN3O6S. The minimum Gasteiger partial charge on any atom is -0.493 e. The van der Waals surface area contributed by atoms with Crippen LogP contribution in [0.5, 0.6) is 11.5 Å². The number of carbonyl (C=O) groups is 2. The maximum absolute atomic E-state index is 14.7. The lowest BCUT2D eigenvalue weighted by atomic mass is 10.0. The largest absolute Gasteiger partial charge is 0.493 e. The average Bonchev–Trinajstić information content (AvgIpc) is 3.63. The molecule has 0 spiro atoms. The van der Waals surface area contributed by atoms with Crippen LogP contribution in [0, 0.1) is 5.82 Å². The van der Waals surface area contributed by atoms with Crippen molar-refractivity contribution in [3.05, 3.63) is 118 Å². The van der Waals surface area contributed by atoms with Gasteiger partial charge in [0.2, 0.25) is 11.8 Å². The summed E-state index contributed by atoms with van der Waals surface area (Å²) in [6.45, 7) is -0.629. The van der Waals surface area contributed by atoms with Crippen molar-refractivity contribution in [2.45, 2.75) is 55.6 Å². The summed E-state index contributed by atoms with van der Waals surface area (Å²) in [4.78, 5) is 30.1. The van der Waals surface area contributed by atoms with Gasteiger partial charge in [-0.25, -0.2) is 12.8 Å². The molecule has 258 valence electrons. The number of hydrogen-bond donors (Lipinski definition) is 1. The highest BCUT2D eigenvalue weighted by atomic mass is 79.9. The van der Waals surface area contributed by atoms with Crippen molar-refractivity contribution in [1.82, 2.24) is 10.2 Å². The first kappa shape index (κ1) is 35.9. The summed E-state index contributed by atoms with van der Waals surface area (Å²) in [5.74, 6) is -0.987. The first-order chi connectivity index (χ1) is 23.6. The van der Waals surface area contributed by atoms with Gasteiger partial charge in [0.25, 0.3) is 10.0 Å². The van der Waals surface area contributed by atoms with Crippen LogP contribution in [0.4, 0.5) is 10.1 Å². The Hall–Kier alpha value is -4.42. The Morgan fingerprint density at radius 2 is 1.53 bits per heavy atom. The zero-order valence-corrected chi connectivity index (χ0v) is 29.8. The number of halogens is 2. The molecule has 9 nitrogen and oxygen atoms in total. The summed E-state index contributed by atoms with van der Waals surface area (Å²) in [5.41, 5.74) is 1.67. The van der Waals surface area contributed by atoms with Crippen molar-refractivity contribution in [1.29, 1.82) is 0 Å². The number of amides is 2. The molecule has 0 aliphatic heterocycles. The highest BCUT2D eigenvalue weighted by Gasteiger charge is 2.36. The number of anilines is 1. The summed E-state index contributed by atoms with van der Waals surface area (Å²) >= 11 is 3.45. The third kappa shape index (κ3) is 8.98. The molecule has 1 N–H and O–H groups in total. The number of sulfonamides is 1. The van der Waals surface area contributed by atoms with Crippen molar-refractivity contribution < 1.29 is 31.9 Å². The van der Waals surface area contributed by atoms with Crippen LogP contribution in [0.2, 0.25) is 0 Å². The van der Waals surface area contributed by atoms with Gasteiger partial charge in [0, 0.05) is 29.5 Å². The summed E-state index contributed by atoms with van der Waals surface area (Å²) in [6, 6.07) is 24.8. The number of carbonyl (C=O) groups excluding carboxylic acids is 2. The number of hydrogen-bond acceptors (Lipinski definition) is 6. The molecule has 0 bridgehead atoms. The summed E-state index contributed by atoms with van der Waals surface area (Å²) in [5, 5.41) is 3.16. The van der Waals surface area contributed by atoms with Crippen molar-refractivity contribution in [2.24, 2.45) is 0 Å². The van der Waals surface area contributed by atoms with Gasteiger partial charge in [0.15, 0.2) is 11.5 Å². The van der Waals surface area contributed by atoms with E-state index in [1.54, 1.807) is 0 Å². The minimum atomic E-state index is -4.43. The molecule has 0 heterocycles. The first-order valence-electron chi connectivity index (χ1n) is 16.0. The summed E-state index contributed by atoms with van der Waals surface area (Å²) in [6.07, 6.45) is 3.94.